The fraction of sp³-hybridized carbons (Fsp3) is 0.150. The SMILES string of the molecule is Fc1cccc(Oc2ncccc2CNCc2cccc3c2OCO3)c1. The van der Waals surface area contributed by atoms with Gasteiger partial charge < -0.3 is 19.5 Å². The van der Waals surface area contributed by atoms with Gasteiger partial charge in [-0.05, 0) is 24.3 Å². The highest BCUT2D eigenvalue weighted by Gasteiger charge is 2.16. The van der Waals surface area contributed by atoms with Crippen LogP contribution in [0, 0.1) is 5.82 Å². The Morgan fingerprint density at radius 1 is 1.00 bits per heavy atom. The highest BCUT2D eigenvalue weighted by atomic mass is 19.1. The Hall–Kier alpha value is -3.12. The summed E-state index contributed by atoms with van der Waals surface area (Å²) in [7, 11) is 0. The molecule has 0 amide bonds. The van der Waals surface area contributed by atoms with Crippen molar-refractivity contribution < 1.29 is 18.6 Å². The largest absolute Gasteiger partial charge is 0.454 e. The zero-order chi connectivity index (χ0) is 17.8. The van der Waals surface area contributed by atoms with Crippen LogP contribution in [-0.4, -0.2) is 11.8 Å². The molecule has 3 aromatic rings. The zero-order valence-corrected chi connectivity index (χ0v) is 13.9. The summed E-state index contributed by atoms with van der Waals surface area (Å²) >= 11 is 0. The van der Waals surface area contributed by atoms with E-state index in [1.807, 2.05) is 30.3 Å². The third kappa shape index (κ3) is 3.60. The minimum Gasteiger partial charge on any atom is -0.454 e. The van der Waals surface area contributed by atoms with Gasteiger partial charge in [0.05, 0.1) is 0 Å². The monoisotopic (exact) mass is 352 g/mol. The minimum absolute atomic E-state index is 0.251. The molecule has 26 heavy (non-hydrogen) atoms. The van der Waals surface area contributed by atoms with Crippen molar-refractivity contribution in [3.8, 4) is 23.1 Å². The Bertz CT molecular complexity index is 917. The number of benzene rings is 2. The minimum atomic E-state index is -0.349. The van der Waals surface area contributed by atoms with Crippen LogP contribution in [0.2, 0.25) is 0 Å². The molecule has 0 saturated heterocycles. The summed E-state index contributed by atoms with van der Waals surface area (Å²) in [6.45, 7) is 1.41. The normalized spacial score (nSPS) is 12.2. The number of halogens is 1. The van der Waals surface area contributed by atoms with Gasteiger partial charge in [-0.25, -0.2) is 9.37 Å². The molecule has 2 heterocycles. The van der Waals surface area contributed by atoms with E-state index in [4.69, 9.17) is 14.2 Å². The smallest absolute Gasteiger partial charge is 0.231 e. The van der Waals surface area contributed by atoms with E-state index in [0.29, 0.717) is 24.7 Å². The van der Waals surface area contributed by atoms with Crippen molar-refractivity contribution in [2.75, 3.05) is 6.79 Å². The van der Waals surface area contributed by atoms with E-state index in [-0.39, 0.29) is 12.6 Å². The van der Waals surface area contributed by atoms with Gasteiger partial charge in [0, 0.05) is 36.5 Å². The molecule has 132 valence electrons. The summed E-state index contributed by atoms with van der Waals surface area (Å²) in [4.78, 5) is 4.26. The molecule has 0 radical (unpaired) electrons. The number of fused-ring (bicyclic) bond motifs is 1. The van der Waals surface area contributed by atoms with Crippen molar-refractivity contribution in [2.24, 2.45) is 0 Å². The van der Waals surface area contributed by atoms with Crippen molar-refractivity contribution >= 4 is 0 Å². The van der Waals surface area contributed by atoms with Gasteiger partial charge in [-0.2, -0.15) is 0 Å². The van der Waals surface area contributed by atoms with Crippen LogP contribution in [-0.2, 0) is 13.1 Å². The fourth-order valence-corrected chi connectivity index (χ4v) is 2.75. The number of hydrogen-bond acceptors (Lipinski definition) is 5. The third-order valence-electron chi connectivity index (χ3n) is 3.97. The van der Waals surface area contributed by atoms with Crippen molar-refractivity contribution in [1.82, 2.24) is 10.3 Å². The Balaban J connectivity index is 1.43. The van der Waals surface area contributed by atoms with E-state index in [0.717, 1.165) is 22.6 Å². The van der Waals surface area contributed by atoms with E-state index in [1.165, 1.54) is 12.1 Å². The molecule has 0 fully saturated rings. The van der Waals surface area contributed by atoms with Crippen LogP contribution in [0.1, 0.15) is 11.1 Å². The topological polar surface area (TPSA) is 52.6 Å². The van der Waals surface area contributed by atoms with E-state index >= 15 is 0 Å². The summed E-state index contributed by atoms with van der Waals surface area (Å²) in [5, 5.41) is 3.36. The summed E-state index contributed by atoms with van der Waals surface area (Å²) in [5.74, 6) is 2.06. The maximum absolute atomic E-state index is 13.3. The standard InChI is InChI=1S/C20H17FN2O3/c21-16-6-2-7-17(10-16)26-20-15(5-3-9-23-20)12-22-11-14-4-1-8-18-19(14)25-13-24-18/h1-10,22H,11-13H2. The predicted molar refractivity (Wildman–Crippen MR) is 93.8 cm³/mol. The van der Waals surface area contributed by atoms with Gasteiger partial charge in [-0.1, -0.05) is 24.3 Å². The second-order valence-electron chi connectivity index (χ2n) is 5.78. The second-order valence-corrected chi connectivity index (χ2v) is 5.78. The van der Waals surface area contributed by atoms with Crippen LogP contribution in [0.25, 0.3) is 0 Å². The number of nitrogens with zero attached hydrogens (tertiary/aromatic N) is 1. The number of pyridine rings is 1. The van der Waals surface area contributed by atoms with Crippen molar-refractivity contribution in [3.05, 3.63) is 77.7 Å². The molecule has 5 nitrogen and oxygen atoms in total. The molecule has 1 aromatic heterocycles. The molecule has 0 atom stereocenters. The lowest BCUT2D eigenvalue weighted by molar-refractivity contribution is 0.173. The van der Waals surface area contributed by atoms with Crippen LogP contribution in [0.15, 0.2) is 60.8 Å². The van der Waals surface area contributed by atoms with E-state index < -0.39 is 0 Å². The molecule has 1 aliphatic heterocycles. The van der Waals surface area contributed by atoms with Gasteiger partial charge in [0.1, 0.15) is 11.6 Å². The molecule has 2 aromatic carbocycles. The van der Waals surface area contributed by atoms with Gasteiger partial charge in [-0.15, -0.1) is 0 Å². The van der Waals surface area contributed by atoms with Gasteiger partial charge in [0.15, 0.2) is 11.5 Å². The van der Waals surface area contributed by atoms with Gasteiger partial charge in [0.25, 0.3) is 0 Å². The van der Waals surface area contributed by atoms with Crippen LogP contribution in [0.3, 0.4) is 0 Å². The quantitative estimate of drug-likeness (QED) is 0.726. The molecule has 0 aliphatic carbocycles. The number of nitrogens with one attached hydrogen (secondary N) is 1. The molecular formula is C20H17FN2O3. The average Bonchev–Trinajstić information content (AvgIpc) is 3.13. The van der Waals surface area contributed by atoms with Crippen LogP contribution in [0.5, 0.6) is 23.1 Å². The summed E-state index contributed by atoms with van der Waals surface area (Å²) in [6, 6.07) is 15.6. The van der Waals surface area contributed by atoms with Crippen molar-refractivity contribution in [1.29, 1.82) is 0 Å². The Morgan fingerprint density at radius 3 is 2.77 bits per heavy atom. The number of hydrogen-bond donors (Lipinski definition) is 1. The highest BCUT2D eigenvalue weighted by Crippen LogP contribution is 2.35. The number of aromatic nitrogens is 1. The lowest BCUT2D eigenvalue weighted by atomic mass is 10.2. The second kappa shape index (κ2) is 7.41. The van der Waals surface area contributed by atoms with Crippen LogP contribution < -0.4 is 19.5 Å². The molecule has 0 bridgehead atoms. The molecule has 0 unspecified atom stereocenters. The van der Waals surface area contributed by atoms with Gasteiger partial charge >= 0.3 is 0 Å². The lowest BCUT2D eigenvalue weighted by Gasteiger charge is -2.11. The molecule has 4 rings (SSSR count). The van der Waals surface area contributed by atoms with Crippen LogP contribution in [0.4, 0.5) is 4.39 Å². The van der Waals surface area contributed by atoms with E-state index in [2.05, 4.69) is 10.3 Å². The van der Waals surface area contributed by atoms with E-state index in [1.54, 1.807) is 18.3 Å². The molecule has 1 N–H and O–H groups in total. The third-order valence-corrected chi connectivity index (χ3v) is 3.97. The first kappa shape index (κ1) is 16.4. The summed E-state index contributed by atoms with van der Waals surface area (Å²) < 4.78 is 30.0. The first-order chi connectivity index (χ1) is 12.8. The average molecular weight is 352 g/mol. The number of ether oxygens (including phenoxy) is 3. The van der Waals surface area contributed by atoms with Crippen molar-refractivity contribution in [3.63, 3.8) is 0 Å². The Kier molecular flexibility index (Phi) is 4.66. The first-order valence-corrected chi connectivity index (χ1v) is 8.25. The van der Waals surface area contributed by atoms with Crippen molar-refractivity contribution in [2.45, 2.75) is 13.1 Å². The molecular weight excluding hydrogens is 335 g/mol. The summed E-state index contributed by atoms with van der Waals surface area (Å²) in [6.07, 6.45) is 1.65. The fourth-order valence-electron chi connectivity index (χ4n) is 2.75. The van der Waals surface area contributed by atoms with E-state index in [9.17, 15) is 4.39 Å². The lowest BCUT2D eigenvalue weighted by Crippen LogP contribution is -2.14. The zero-order valence-electron chi connectivity index (χ0n) is 13.9. The first-order valence-electron chi connectivity index (χ1n) is 8.25. The molecule has 1 aliphatic rings. The molecule has 0 saturated carbocycles. The predicted octanol–water partition coefficient (Wildman–Crippen LogP) is 4.03. The molecule has 0 spiro atoms. The maximum Gasteiger partial charge on any atom is 0.231 e. The van der Waals surface area contributed by atoms with Crippen LogP contribution >= 0.6 is 0 Å². The number of para-hydroxylation sites is 1. The highest BCUT2D eigenvalue weighted by molar-refractivity contribution is 5.48. The number of rotatable bonds is 6. The van der Waals surface area contributed by atoms with Gasteiger partial charge in [0.2, 0.25) is 12.7 Å². The van der Waals surface area contributed by atoms with Gasteiger partial charge in [-0.3, -0.25) is 0 Å². The maximum atomic E-state index is 13.3. The summed E-state index contributed by atoms with van der Waals surface area (Å²) in [5.41, 5.74) is 1.90. The Labute approximate surface area is 150 Å². The molecule has 6 heteroatoms. The Morgan fingerprint density at radius 2 is 1.85 bits per heavy atom.